The fourth-order valence-corrected chi connectivity index (χ4v) is 6.09. The molecule has 3 aromatic rings. The van der Waals surface area contributed by atoms with Gasteiger partial charge in [0.15, 0.2) is 5.52 Å². The van der Waals surface area contributed by atoms with Crippen LogP contribution in [0.3, 0.4) is 0 Å². The molecule has 1 atom stereocenters. The molecule has 0 radical (unpaired) electrons. The highest BCUT2D eigenvalue weighted by Gasteiger charge is 2.36. The van der Waals surface area contributed by atoms with Crippen LogP contribution >= 0.6 is 0 Å². The summed E-state index contributed by atoms with van der Waals surface area (Å²) < 4.78 is 32.7. The average molecular weight is 426 g/mol. The monoisotopic (exact) mass is 426 g/mol. The minimum atomic E-state index is -3.80. The van der Waals surface area contributed by atoms with Crippen molar-refractivity contribution in [2.45, 2.75) is 30.7 Å². The zero-order chi connectivity index (χ0) is 20.7. The van der Waals surface area contributed by atoms with E-state index in [1.54, 1.807) is 12.1 Å². The van der Waals surface area contributed by atoms with Crippen molar-refractivity contribution in [3.05, 3.63) is 53.6 Å². The number of sulfonamides is 1. The van der Waals surface area contributed by atoms with E-state index in [1.165, 1.54) is 21.5 Å². The number of aromatic nitrogens is 2. The van der Waals surface area contributed by atoms with Crippen molar-refractivity contribution < 1.29 is 17.8 Å². The number of nitrogens with zero attached hydrogens (tertiary/aromatic N) is 4. The molecule has 5 rings (SSSR count). The molecule has 9 heteroatoms. The maximum atomic E-state index is 13.3. The molecule has 0 aliphatic carbocycles. The van der Waals surface area contributed by atoms with Gasteiger partial charge in [-0.15, -0.1) is 0 Å². The first-order valence-electron chi connectivity index (χ1n) is 10.1. The van der Waals surface area contributed by atoms with Gasteiger partial charge in [-0.3, -0.25) is 4.79 Å². The normalized spacial score (nSPS) is 20.3. The van der Waals surface area contributed by atoms with E-state index in [0.29, 0.717) is 38.0 Å². The van der Waals surface area contributed by atoms with Gasteiger partial charge in [0.25, 0.3) is 0 Å². The molecule has 0 unspecified atom stereocenters. The molecule has 0 N–H and O–H groups in total. The van der Waals surface area contributed by atoms with Gasteiger partial charge in [-0.05, 0) is 52.8 Å². The van der Waals surface area contributed by atoms with Crippen molar-refractivity contribution in [2.24, 2.45) is 5.92 Å². The second kappa shape index (κ2) is 7.48. The third-order valence-corrected chi connectivity index (χ3v) is 7.94. The summed E-state index contributed by atoms with van der Waals surface area (Å²) in [6.45, 7) is 1.82. The molecule has 156 valence electrons. The lowest BCUT2D eigenvalue weighted by Gasteiger charge is -2.36. The summed E-state index contributed by atoms with van der Waals surface area (Å²) in [5, 5.41) is 7.49. The summed E-state index contributed by atoms with van der Waals surface area (Å²) >= 11 is 0. The highest BCUT2D eigenvalue weighted by Crippen LogP contribution is 2.29. The lowest BCUT2D eigenvalue weighted by atomic mass is 9.95. The molecule has 1 fully saturated rings. The SMILES string of the molecule is O=C([C@H]1CCCN(S(=O)(=O)c2cccc3nonc23)C1)N1CCc2ccccc2C1. The number of benzene rings is 2. The van der Waals surface area contributed by atoms with Crippen LogP contribution in [0.4, 0.5) is 0 Å². The summed E-state index contributed by atoms with van der Waals surface area (Å²) in [6.07, 6.45) is 2.17. The van der Waals surface area contributed by atoms with Crippen LogP contribution in [0.15, 0.2) is 52.0 Å². The molecule has 0 saturated carbocycles. The number of carbonyl (C=O) groups excluding carboxylic acids is 1. The van der Waals surface area contributed by atoms with Gasteiger partial charge in [0.2, 0.25) is 15.9 Å². The lowest BCUT2D eigenvalue weighted by molar-refractivity contribution is -0.137. The van der Waals surface area contributed by atoms with E-state index in [9.17, 15) is 13.2 Å². The van der Waals surface area contributed by atoms with E-state index >= 15 is 0 Å². The van der Waals surface area contributed by atoms with Crippen LogP contribution in [0.2, 0.25) is 0 Å². The summed E-state index contributed by atoms with van der Waals surface area (Å²) in [7, 11) is -3.80. The zero-order valence-corrected chi connectivity index (χ0v) is 17.2. The summed E-state index contributed by atoms with van der Waals surface area (Å²) in [5.41, 5.74) is 3.07. The first kappa shape index (κ1) is 19.2. The Morgan fingerprint density at radius 2 is 1.87 bits per heavy atom. The quantitative estimate of drug-likeness (QED) is 0.637. The third kappa shape index (κ3) is 3.27. The Morgan fingerprint density at radius 3 is 2.73 bits per heavy atom. The van der Waals surface area contributed by atoms with Gasteiger partial charge >= 0.3 is 0 Å². The Hall–Kier alpha value is -2.78. The number of fused-ring (bicyclic) bond motifs is 2. The number of piperidine rings is 1. The van der Waals surface area contributed by atoms with Crippen molar-refractivity contribution in [3.63, 3.8) is 0 Å². The first-order chi connectivity index (χ1) is 14.5. The average Bonchev–Trinajstić information content (AvgIpc) is 3.27. The number of carbonyl (C=O) groups is 1. The molecule has 8 nitrogen and oxygen atoms in total. The van der Waals surface area contributed by atoms with E-state index in [0.717, 1.165) is 6.42 Å². The minimum Gasteiger partial charge on any atom is -0.338 e. The molecule has 0 bridgehead atoms. The maximum absolute atomic E-state index is 13.3. The predicted molar refractivity (Wildman–Crippen MR) is 109 cm³/mol. The fourth-order valence-electron chi connectivity index (χ4n) is 4.43. The van der Waals surface area contributed by atoms with Crippen molar-refractivity contribution in [2.75, 3.05) is 19.6 Å². The van der Waals surface area contributed by atoms with Crippen molar-refractivity contribution in [1.29, 1.82) is 0 Å². The summed E-state index contributed by atoms with van der Waals surface area (Å²) in [6, 6.07) is 12.9. The van der Waals surface area contributed by atoms with Gasteiger partial charge in [-0.1, -0.05) is 30.3 Å². The molecule has 1 saturated heterocycles. The molecule has 1 amide bonds. The van der Waals surface area contributed by atoms with Crippen LogP contribution in [-0.4, -0.2) is 53.5 Å². The van der Waals surface area contributed by atoms with Crippen LogP contribution in [0.25, 0.3) is 11.0 Å². The van der Waals surface area contributed by atoms with Gasteiger partial charge in [0, 0.05) is 26.2 Å². The van der Waals surface area contributed by atoms with Gasteiger partial charge in [-0.2, -0.15) is 4.31 Å². The molecule has 1 aromatic heterocycles. The standard InChI is InChI=1S/C21H22N4O4S/c26-21(24-12-10-15-5-1-2-6-16(15)13-24)17-7-4-11-25(14-17)30(27,28)19-9-3-8-18-20(19)23-29-22-18/h1-3,5-6,8-9,17H,4,7,10-14H2/t17-/m0/s1. The molecule has 30 heavy (non-hydrogen) atoms. The Kier molecular flexibility index (Phi) is 4.79. The molecule has 2 aliphatic heterocycles. The number of rotatable bonds is 3. The first-order valence-corrected chi connectivity index (χ1v) is 11.5. The Bertz CT molecular complexity index is 1210. The van der Waals surface area contributed by atoms with Gasteiger partial charge < -0.3 is 4.90 Å². The Morgan fingerprint density at radius 1 is 1.03 bits per heavy atom. The third-order valence-electron chi connectivity index (χ3n) is 6.04. The number of hydrogen-bond donors (Lipinski definition) is 0. The molecule has 2 aliphatic rings. The predicted octanol–water partition coefficient (Wildman–Crippen LogP) is 2.21. The molecular formula is C21H22N4O4S. The second-order valence-corrected chi connectivity index (χ2v) is 9.78. The van der Waals surface area contributed by atoms with E-state index in [2.05, 4.69) is 22.4 Å². The van der Waals surface area contributed by atoms with E-state index in [4.69, 9.17) is 4.63 Å². The van der Waals surface area contributed by atoms with Crippen LogP contribution in [-0.2, 0) is 27.8 Å². The van der Waals surface area contributed by atoms with Crippen molar-refractivity contribution >= 4 is 27.0 Å². The highest BCUT2D eigenvalue weighted by molar-refractivity contribution is 7.89. The van der Waals surface area contributed by atoms with E-state index in [1.807, 2.05) is 17.0 Å². The minimum absolute atomic E-state index is 0.0331. The van der Waals surface area contributed by atoms with Crippen LogP contribution < -0.4 is 0 Å². The van der Waals surface area contributed by atoms with Crippen LogP contribution in [0.5, 0.6) is 0 Å². The van der Waals surface area contributed by atoms with Gasteiger partial charge in [0.1, 0.15) is 10.4 Å². The number of hydrogen-bond acceptors (Lipinski definition) is 6. The molecule has 2 aromatic carbocycles. The van der Waals surface area contributed by atoms with Crippen molar-refractivity contribution in [1.82, 2.24) is 19.5 Å². The van der Waals surface area contributed by atoms with Gasteiger partial charge in [0.05, 0.1) is 5.92 Å². The Labute approximate surface area is 174 Å². The summed E-state index contributed by atoms with van der Waals surface area (Å²) in [5.74, 6) is -0.306. The smallest absolute Gasteiger partial charge is 0.245 e. The molecule has 3 heterocycles. The topological polar surface area (TPSA) is 96.6 Å². The lowest BCUT2D eigenvalue weighted by Crippen LogP contribution is -2.47. The van der Waals surface area contributed by atoms with Crippen LogP contribution in [0, 0.1) is 5.92 Å². The Balaban J connectivity index is 1.36. The second-order valence-electron chi connectivity index (χ2n) is 7.87. The molecular weight excluding hydrogens is 404 g/mol. The zero-order valence-electron chi connectivity index (χ0n) is 16.4. The van der Waals surface area contributed by atoms with Crippen LogP contribution in [0.1, 0.15) is 24.0 Å². The van der Waals surface area contributed by atoms with Crippen molar-refractivity contribution in [3.8, 4) is 0 Å². The highest BCUT2D eigenvalue weighted by atomic mass is 32.2. The van der Waals surface area contributed by atoms with E-state index in [-0.39, 0.29) is 28.8 Å². The maximum Gasteiger partial charge on any atom is 0.245 e. The summed E-state index contributed by atoms with van der Waals surface area (Å²) in [4.78, 5) is 15.1. The molecule has 0 spiro atoms. The van der Waals surface area contributed by atoms with Gasteiger partial charge in [-0.25, -0.2) is 13.0 Å². The van der Waals surface area contributed by atoms with E-state index < -0.39 is 10.0 Å². The largest absolute Gasteiger partial charge is 0.338 e. The fraction of sp³-hybridized carbons (Fsp3) is 0.381. The number of amides is 1.